The first kappa shape index (κ1) is 13.0. The number of nitro groups is 1. The first-order valence-electron chi connectivity index (χ1n) is 5.51. The van der Waals surface area contributed by atoms with Gasteiger partial charge in [-0.2, -0.15) is 5.26 Å². The minimum atomic E-state index is -0.516. The van der Waals surface area contributed by atoms with Crippen LogP contribution in [0.4, 0.5) is 11.4 Å². The zero-order chi connectivity index (χ0) is 12.8. The Labute approximate surface area is 100 Å². The fourth-order valence-corrected chi connectivity index (χ4v) is 1.40. The molecule has 0 radical (unpaired) electrons. The highest BCUT2D eigenvalue weighted by atomic mass is 16.6. The maximum Gasteiger partial charge on any atom is 0.309 e. The van der Waals surface area contributed by atoms with Gasteiger partial charge >= 0.3 is 5.69 Å². The first-order valence-corrected chi connectivity index (χ1v) is 5.51. The van der Waals surface area contributed by atoms with Crippen LogP contribution in [0.3, 0.4) is 0 Å². The molecule has 0 aromatic heterocycles. The van der Waals surface area contributed by atoms with Crippen LogP contribution in [0, 0.1) is 27.4 Å². The summed E-state index contributed by atoms with van der Waals surface area (Å²) in [7, 11) is 0. The van der Waals surface area contributed by atoms with E-state index in [1.54, 1.807) is 12.1 Å². The highest BCUT2D eigenvalue weighted by Gasteiger charge is 2.19. The maximum absolute atomic E-state index is 10.9. The minimum absolute atomic E-state index is 0.0872. The van der Waals surface area contributed by atoms with Crippen LogP contribution in [-0.2, 0) is 0 Å². The Balaban J connectivity index is 2.99. The second-order valence-electron chi connectivity index (χ2n) is 3.96. The average molecular weight is 233 g/mol. The number of rotatable bonds is 5. The molecule has 90 valence electrons. The van der Waals surface area contributed by atoms with Gasteiger partial charge in [0, 0.05) is 6.54 Å². The van der Waals surface area contributed by atoms with Crippen molar-refractivity contribution >= 4 is 11.4 Å². The summed E-state index contributed by atoms with van der Waals surface area (Å²) >= 11 is 0. The Kier molecular flexibility index (Phi) is 4.46. The zero-order valence-electron chi connectivity index (χ0n) is 9.93. The molecule has 0 aliphatic heterocycles. The number of anilines is 1. The van der Waals surface area contributed by atoms with Crippen molar-refractivity contribution in [3.05, 3.63) is 33.9 Å². The number of nitrogens with one attached hydrogen (secondary N) is 1. The number of para-hydroxylation sites is 1. The highest BCUT2D eigenvalue weighted by Crippen LogP contribution is 2.28. The number of nitrogens with zero attached hydrogens (tertiary/aromatic N) is 2. The van der Waals surface area contributed by atoms with E-state index in [1.807, 2.05) is 6.07 Å². The van der Waals surface area contributed by atoms with Crippen LogP contribution in [0.2, 0.25) is 0 Å². The topological polar surface area (TPSA) is 79.0 Å². The molecule has 0 heterocycles. The van der Waals surface area contributed by atoms with Crippen LogP contribution in [0.1, 0.15) is 25.8 Å². The molecule has 0 saturated heterocycles. The third-order valence-electron chi connectivity index (χ3n) is 2.68. The molecule has 1 atom stereocenters. The molecule has 5 heteroatoms. The van der Waals surface area contributed by atoms with E-state index in [-0.39, 0.29) is 11.3 Å². The van der Waals surface area contributed by atoms with Crippen molar-refractivity contribution in [1.82, 2.24) is 0 Å². The molecule has 1 aromatic carbocycles. The highest BCUT2D eigenvalue weighted by molar-refractivity contribution is 5.68. The molecule has 1 aromatic rings. The van der Waals surface area contributed by atoms with Gasteiger partial charge in [0.05, 0.1) is 4.92 Å². The molecule has 0 bridgehead atoms. The SMILES string of the molecule is CCC(C)CNc1cccc(C#N)c1[N+](=O)[O-]. The first-order chi connectivity index (χ1) is 8.10. The Bertz CT molecular complexity index is 452. The van der Waals surface area contributed by atoms with E-state index in [0.29, 0.717) is 18.2 Å². The van der Waals surface area contributed by atoms with E-state index in [9.17, 15) is 10.1 Å². The van der Waals surface area contributed by atoms with Crippen molar-refractivity contribution in [1.29, 1.82) is 5.26 Å². The molecular formula is C12H15N3O2. The lowest BCUT2D eigenvalue weighted by Crippen LogP contribution is -2.11. The summed E-state index contributed by atoms with van der Waals surface area (Å²) in [6, 6.07) is 6.56. The molecule has 0 aliphatic rings. The van der Waals surface area contributed by atoms with E-state index in [2.05, 4.69) is 19.2 Å². The monoisotopic (exact) mass is 233 g/mol. The fourth-order valence-electron chi connectivity index (χ4n) is 1.40. The normalized spacial score (nSPS) is 11.6. The van der Waals surface area contributed by atoms with Crippen molar-refractivity contribution in [3.63, 3.8) is 0 Å². The van der Waals surface area contributed by atoms with E-state index in [4.69, 9.17) is 5.26 Å². The number of hydrogen-bond donors (Lipinski definition) is 1. The molecule has 1 unspecified atom stereocenters. The second-order valence-corrected chi connectivity index (χ2v) is 3.96. The van der Waals surface area contributed by atoms with Crippen LogP contribution < -0.4 is 5.32 Å². The molecule has 5 nitrogen and oxygen atoms in total. The number of nitriles is 1. The zero-order valence-corrected chi connectivity index (χ0v) is 9.93. The molecule has 0 fully saturated rings. The van der Waals surface area contributed by atoms with Crippen LogP contribution in [0.25, 0.3) is 0 Å². The van der Waals surface area contributed by atoms with E-state index >= 15 is 0 Å². The summed E-state index contributed by atoms with van der Waals surface area (Å²) in [6.45, 7) is 4.78. The average Bonchev–Trinajstić information content (AvgIpc) is 2.34. The van der Waals surface area contributed by atoms with Crippen molar-refractivity contribution in [2.75, 3.05) is 11.9 Å². The lowest BCUT2D eigenvalue weighted by Gasteiger charge is -2.11. The molecule has 0 spiro atoms. The van der Waals surface area contributed by atoms with Crippen LogP contribution in [0.5, 0.6) is 0 Å². The van der Waals surface area contributed by atoms with Crippen LogP contribution >= 0.6 is 0 Å². The third-order valence-corrected chi connectivity index (χ3v) is 2.68. The van der Waals surface area contributed by atoms with Gasteiger partial charge < -0.3 is 5.32 Å². The summed E-state index contributed by atoms with van der Waals surface area (Å²) < 4.78 is 0. The standard InChI is InChI=1S/C12H15N3O2/c1-3-9(2)8-14-11-6-4-5-10(7-13)12(11)15(16)17/h4-6,9,14H,3,8H2,1-2H3. The Hall–Kier alpha value is -2.09. The van der Waals surface area contributed by atoms with Gasteiger partial charge in [-0.05, 0) is 18.1 Å². The van der Waals surface area contributed by atoms with Crippen LogP contribution in [0.15, 0.2) is 18.2 Å². The Morgan fingerprint density at radius 3 is 2.82 bits per heavy atom. The molecule has 0 amide bonds. The van der Waals surface area contributed by atoms with Crippen molar-refractivity contribution in [3.8, 4) is 6.07 Å². The number of hydrogen-bond acceptors (Lipinski definition) is 4. The lowest BCUT2D eigenvalue weighted by atomic mass is 10.1. The van der Waals surface area contributed by atoms with Gasteiger partial charge in [-0.15, -0.1) is 0 Å². The van der Waals surface area contributed by atoms with Gasteiger partial charge in [0.15, 0.2) is 0 Å². The summed E-state index contributed by atoms with van der Waals surface area (Å²) in [6.07, 6.45) is 0.999. The molecule has 17 heavy (non-hydrogen) atoms. The summed E-state index contributed by atoms with van der Waals surface area (Å²) in [4.78, 5) is 10.4. The summed E-state index contributed by atoms with van der Waals surface area (Å²) in [5.74, 6) is 0.431. The number of benzene rings is 1. The largest absolute Gasteiger partial charge is 0.379 e. The summed E-state index contributed by atoms with van der Waals surface area (Å²) in [5, 5.41) is 22.8. The van der Waals surface area contributed by atoms with Gasteiger partial charge in [-0.1, -0.05) is 26.3 Å². The number of nitro benzene ring substituents is 1. The van der Waals surface area contributed by atoms with Crippen molar-refractivity contribution in [2.45, 2.75) is 20.3 Å². The third kappa shape index (κ3) is 3.18. The van der Waals surface area contributed by atoms with Gasteiger partial charge in [-0.25, -0.2) is 0 Å². The van der Waals surface area contributed by atoms with E-state index in [0.717, 1.165) is 6.42 Å². The predicted molar refractivity (Wildman–Crippen MR) is 65.8 cm³/mol. The van der Waals surface area contributed by atoms with Gasteiger partial charge in [0.25, 0.3) is 0 Å². The molecule has 0 saturated carbocycles. The smallest absolute Gasteiger partial charge is 0.309 e. The van der Waals surface area contributed by atoms with Crippen molar-refractivity contribution in [2.24, 2.45) is 5.92 Å². The van der Waals surface area contributed by atoms with E-state index in [1.165, 1.54) is 6.07 Å². The molecule has 1 rings (SSSR count). The predicted octanol–water partition coefficient (Wildman–Crippen LogP) is 2.92. The minimum Gasteiger partial charge on any atom is -0.379 e. The van der Waals surface area contributed by atoms with E-state index < -0.39 is 4.92 Å². The van der Waals surface area contributed by atoms with Gasteiger partial charge in [0.1, 0.15) is 17.3 Å². The fraction of sp³-hybridized carbons (Fsp3) is 0.417. The Morgan fingerprint density at radius 2 is 2.29 bits per heavy atom. The second kappa shape index (κ2) is 5.85. The van der Waals surface area contributed by atoms with Crippen LogP contribution in [-0.4, -0.2) is 11.5 Å². The maximum atomic E-state index is 10.9. The van der Waals surface area contributed by atoms with Crippen molar-refractivity contribution < 1.29 is 4.92 Å². The molecule has 1 N–H and O–H groups in total. The van der Waals surface area contributed by atoms with Gasteiger partial charge in [-0.3, -0.25) is 10.1 Å². The summed E-state index contributed by atoms with van der Waals surface area (Å²) in [5.41, 5.74) is 0.358. The molecule has 0 aliphatic carbocycles. The quantitative estimate of drug-likeness (QED) is 0.626. The molecular weight excluding hydrogens is 218 g/mol. The Morgan fingerprint density at radius 1 is 1.59 bits per heavy atom. The van der Waals surface area contributed by atoms with Gasteiger partial charge in [0.2, 0.25) is 0 Å². The lowest BCUT2D eigenvalue weighted by molar-refractivity contribution is -0.384.